The van der Waals surface area contributed by atoms with Crippen LogP contribution in [0.1, 0.15) is 30.2 Å². The van der Waals surface area contributed by atoms with Crippen molar-refractivity contribution in [2.24, 2.45) is 5.73 Å². The molecule has 1 unspecified atom stereocenters. The van der Waals surface area contributed by atoms with Gasteiger partial charge in [0.15, 0.2) is 5.82 Å². The molecule has 2 rings (SSSR count). The molecule has 0 bridgehead atoms. The van der Waals surface area contributed by atoms with E-state index in [1.165, 1.54) is 0 Å². The molecule has 0 saturated heterocycles. The Balaban J connectivity index is 2.16. The lowest BCUT2D eigenvalue weighted by molar-refractivity contribution is 0.744. The Morgan fingerprint density at radius 3 is 2.88 bits per heavy atom. The van der Waals surface area contributed by atoms with E-state index in [9.17, 15) is 0 Å². The first-order valence-corrected chi connectivity index (χ1v) is 6.34. The zero-order valence-electron chi connectivity index (χ0n) is 9.24. The van der Waals surface area contributed by atoms with Crippen LogP contribution in [0.3, 0.4) is 0 Å². The average Bonchev–Trinajstić information content (AvgIpc) is 2.72. The van der Waals surface area contributed by atoms with Crippen LogP contribution < -0.4 is 5.73 Å². The van der Waals surface area contributed by atoms with Crippen molar-refractivity contribution in [3.63, 3.8) is 0 Å². The number of nitrogens with zero attached hydrogens (tertiary/aromatic N) is 2. The van der Waals surface area contributed by atoms with Crippen LogP contribution in [0.5, 0.6) is 0 Å². The van der Waals surface area contributed by atoms with E-state index < -0.39 is 0 Å². The topological polar surface area (TPSA) is 67.6 Å². The van der Waals surface area contributed by atoms with E-state index >= 15 is 0 Å². The first kappa shape index (κ1) is 12.5. The number of nitrogens with two attached hydrogens (primary N) is 1. The molecule has 0 aliphatic rings. The second-order valence-corrected chi connectivity index (χ2v) is 5.12. The summed E-state index contributed by atoms with van der Waals surface area (Å²) in [6, 6.07) is 5.62. The minimum Gasteiger partial charge on any atom is -0.321 e. The molecule has 90 valence electrons. The molecule has 0 aliphatic carbocycles. The molecule has 0 aliphatic heterocycles. The monoisotopic (exact) mass is 314 g/mol. The highest BCUT2D eigenvalue weighted by Crippen LogP contribution is 2.24. The van der Waals surface area contributed by atoms with Crippen molar-refractivity contribution in [2.45, 2.75) is 19.4 Å². The molecular weight excluding hydrogens is 304 g/mol. The molecule has 6 heteroatoms. The highest BCUT2D eigenvalue weighted by atomic mass is 79.9. The van der Waals surface area contributed by atoms with Gasteiger partial charge in [-0.25, -0.2) is 4.98 Å². The maximum atomic E-state index is 5.93. The van der Waals surface area contributed by atoms with Crippen LogP contribution >= 0.6 is 27.5 Å². The molecule has 0 fully saturated rings. The first-order chi connectivity index (χ1) is 8.06. The standard InChI is InChI=1S/C11H12BrClN4/c1-6(14)11-15-10(16-17-11)5-7-2-3-9(13)8(12)4-7/h2-4,6H,5,14H2,1H3,(H,15,16,17). The summed E-state index contributed by atoms with van der Waals surface area (Å²) in [5.74, 6) is 1.43. The van der Waals surface area contributed by atoms with E-state index in [0.29, 0.717) is 17.3 Å². The van der Waals surface area contributed by atoms with Gasteiger partial charge in [0.2, 0.25) is 0 Å². The van der Waals surface area contributed by atoms with Crippen LogP contribution in [0.2, 0.25) is 5.02 Å². The molecule has 1 aromatic heterocycles. The van der Waals surface area contributed by atoms with Gasteiger partial charge in [0.1, 0.15) is 5.82 Å². The van der Waals surface area contributed by atoms with Crippen LogP contribution in [0.15, 0.2) is 22.7 Å². The third-order valence-corrected chi connectivity index (χ3v) is 3.53. The Labute approximate surface area is 113 Å². The maximum absolute atomic E-state index is 5.93. The fourth-order valence-corrected chi connectivity index (χ4v) is 1.98. The van der Waals surface area contributed by atoms with Crippen LogP contribution in [-0.2, 0) is 6.42 Å². The van der Waals surface area contributed by atoms with Gasteiger partial charge in [0, 0.05) is 10.9 Å². The van der Waals surface area contributed by atoms with Gasteiger partial charge in [-0.05, 0) is 40.5 Å². The van der Waals surface area contributed by atoms with Crippen molar-refractivity contribution in [3.8, 4) is 0 Å². The van der Waals surface area contributed by atoms with Gasteiger partial charge in [0.05, 0.1) is 11.1 Å². The van der Waals surface area contributed by atoms with Gasteiger partial charge < -0.3 is 5.73 Å². The Bertz CT molecular complexity index is 524. The van der Waals surface area contributed by atoms with E-state index in [1.54, 1.807) is 0 Å². The number of benzene rings is 1. The smallest absolute Gasteiger partial charge is 0.167 e. The Hall–Kier alpha value is -0.910. The van der Waals surface area contributed by atoms with Gasteiger partial charge in [-0.2, -0.15) is 5.10 Å². The summed E-state index contributed by atoms with van der Waals surface area (Å²) in [7, 11) is 0. The molecule has 0 saturated carbocycles. The average molecular weight is 316 g/mol. The molecule has 1 aromatic carbocycles. The lowest BCUT2D eigenvalue weighted by Gasteiger charge is -2.01. The summed E-state index contributed by atoms with van der Waals surface area (Å²) in [5, 5.41) is 7.63. The first-order valence-electron chi connectivity index (χ1n) is 5.17. The summed E-state index contributed by atoms with van der Waals surface area (Å²) in [5.41, 5.74) is 6.80. The van der Waals surface area contributed by atoms with E-state index in [-0.39, 0.29) is 6.04 Å². The van der Waals surface area contributed by atoms with E-state index in [0.717, 1.165) is 15.9 Å². The summed E-state index contributed by atoms with van der Waals surface area (Å²) < 4.78 is 0.878. The minimum absolute atomic E-state index is 0.156. The van der Waals surface area contributed by atoms with Crippen molar-refractivity contribution >= 4 is 27.5 Å². The molecule has 4 nitrogen and oxygen atoms in total. The van der Waals surface area contributed by atoms with Crippen molar-refractivity contribution in [1.82, 2.24) is 15.2 Å². The van der Waals surface area contributed by atoms with E-state index in [4.69, 9.17) is 17.3 Å². The number of nitrogens with one attached hydrogen (secondary N) is 1. The lowest BCUT2D eigenvalue weighted by Crippen LogP contribution is -2.06. The molecule has 0 amide bonds. The van der Waals surface area contributed by atoms with Crippen molar-refractivity contribution in [2.75, 3.05) is 0 Å². The Kier molecular flexibility index (Phi) is 3.81. The second kappa shape index (κ2) is 5.16. The summed E-state index contributed by atoms with van der Waals surface area (Å²) >= 11 is 9.32. The number of aromatic nitrogens is 3. The fraction of sp³-hybridized carbons (Fsp3) is 0.273. The molecule has 17 heavy (non-hydrogen) atoms. The summed E-state index contributed by atoms with van der Waals surface area (Å²) in [4.78, 5) is 4.32. The van der Waals surface area contributed by atoms with Crippen molar-refractivity contribution < 1.29 is 0 Å². The van der Waals surface area contributed by atoms with Crippen LogP contribution in [0, 0.1) is 0 Å². The van der Waals surface area contributed by atoms with E-state index in [2.05, 4.69) is 31.1 Å². The molecule has 3 N–H and O–H groups in total. The molecule has 1 atom stereocenters. The van der Waals surface area contributed by atoms with Gasteiger partial charge in [-0.3, -0.25) is 5.10 Å². The second-order valence-electron chi connectivity index (χ2n) is 3.85. The largest absolute Gasteiger partial charge is 0.321 e. The van der Waals surface area contributed by atoms with Crippen LogP contribution in [0.25, 0.3) is 0 Å². The van der Waals surface area contributed by atoms with Gasteiger partial charge in [0.25, 0.3) is 0 Å². The zero-order chi connectivity index (χ0) is 12.4. The zero-order valence-corrected chi connectivity index (χ0v) is 11.6. The normalized spacial score (nSPS) is 12.7. The number of rotatable bonds is 3. The Morgan fingerprint density at radius 1 is 1.53 bits per heavy atom. The highest BCUT2D eigenvalue weighted by molar-refractivity contribution is 9.10. The molecule has 0 radical (unpaired) electrons. The lowest BCUT2D eigenvalue weighted by atomic mass is 10.1. The number of halogens is 2. The van der Waals surface area contributed by atoms with Gasteiger partial charge >= 0.3 is 0 Å². The Morgan fingerprint density at radius 2 is 2.29 bits per heavy atom. The number of H-pyrrole nitrogens is 1. The minimum atomic E-state index is -0.156. The predicted octanol–water partition coefficient (Wildman–Crippen LogP) is 2.83. The quantitative estimate of drug-likeness (QED) is 0.915. The fourth-order valence-electron chi connectivity index (χ4n) is 1.44. The molecule has 2 aromatic rings. The predicted molar refractivity (Wildman–Crippen MR) is 70.9 cm³/mol. The van der Waals surface area contributed by atoms with Gasteiger partial charge in [-0.1, -0.05) is 17.7 Å². The number of hydrogen-bond acceptors (Lipinski definition) is 3. The number of hydrogen-bond donors (Lipinski definition) is 2. The highest BCUT2D eigenvalue weighted by Gasteiger charge is 2.08. The van der Waals surface area contributed by atoms with Crippen molar-refractivity contribution in [1.29, 1.82) is 0 Å². The summed E-state index contributed by atoms with van der Waals surface area (Å²) in [6.07, 6.45) is 0.676. The van der Waals surface area contributed by atoms with Crippen LogP contribution in [0.4, 0.5) is 0 Å². The van der Waals surface area contributed by atoms with Crippen LogP contribution in [-0.4, -0.2) is 15.2 Å². The van der Waals surface area contributed by atoms with Gasteiger partial charge in [-0.15, -0.1) is 0 Å². The van der Waals surface area contributed by atoms with E-state index in [1.807, 2.05) is 25.1 Å². The molecule has 0 spiro atoms. The third kappa shape index (κ3) is 3.06. The number of aromatic amines is 1. The summed E-state index contributed by atoms with van der Waals surface area (Å²) in [6.45, 7) is 1.85. The molecular formula is C11H12BrClN4. The maximum Gasteiger partial charge on any atom is 0.167 e. The third-order valence-electron chi connectivity index (χ3n) is 2.31. The molecule has 1 heterocycles. The SMILES string of the molecule is CC(N)c1n[nH]c(Cc2ccc(Cl)c(Br)c2)n1. The van der Waals surface area contributed by atoms with Crippen molar-refractivity contribution in [3.05, 3.63) is 44.9 Å².